The number of fused-ring (bicyclic) bond motifs is 1. The van der Waals surface area contributed by atoms with Crippen molar-refractivity contribution in [1.82, 2.24) is 19.7 Å². The van der Waals surface area contributed by atoms with Gasteiger partial charge in [-0.2, -0.15) is 0 Å². The summed E-state index contributed by atoms with van der Waals surface area (Å²) in [6.45, 7) is 0.962. The van der Waals surface area contributed by atoms with Gasteiger partial charge in [0.15, 0.2) is 5.16 Å². The number of thioether (sulfide) groups is 1. The quantitative estimate of drug-likeness (QED) is 0.750. The van der Waals surface area contributed by atoms with Crippen LogP contribution in [0.15, 0.2) is 5.16 Å². The van der Waals surface area contributed by atoms with Gasteiger partial charge in [0, 0.05) is 24.5 Å². The number of hydrogen-bond donors (Lipinski definition) is 0. The highest BCUT2D eigenvalue weighted by Crippen LogP contribution is 2.46. The zero-order valence-electron chi connectivity index (χ0n) is 14.9. The smallest absolute Gasteiger partial charge is 0.233 e. The van der Waals surface area contributed by atoms with Crippen LogP contribution in [0, 0.1) is 5.92 Å². The normalized spacial score (nSPS) is 29.5. The lowest BCUT2D eigenvalue weighted by molar-refractivity contribution is -0.134. The molecule has 1 saturated heterocycles. The highest BCUT2D eigenvalue weighted by atomic mass is 32.2. The SMILES string of the molecule is O=C(CSc1nnc(C2CC2)n1C1CC1)N1CCC[C@@H]2CCCC[C@H]21. The molecule has 0 N–H and O–H groups in total. The second-order valence-electron chi connectivity index (χ2n) is 8.35. The molecule has 4 aliphatic rings. The van der Waals surface area contributed by atoms with Crippen LogP contribution in [0.1, 0.15) is 82.0 Å². The van der Waals surface area contributed by atoms with Crippen LogP contribution in [0.2, 0.25) is 0 Å². The van der Waals surface area contributed by atoms with E-state index in [4.69, 9.17) is 0 Å². The summed E-state index contributed by atoms with van der Waals surface area (Å²) in [5.74, 6) is 3.41. The van der Waals surface area contributed by atoms with Gasteiger partial charge in [0.2, 0.25) is 5.91 Å². The number of rotatable bonds is 5. The molecule has 5 nitrogen and oxygen atoms in total. The molecule has 5 rings (SSSR count). The monoisotopic (exact) mass is 360 g/mol. The van der Waals surface area contributed by atoms with Gasteiger partial charge < -0.3 is 9.47 Å². The van der Waals surface area contributed by atoms with Gasteiger partial charge in [0.1, 0.15) is 5.82 Å². The number of nitrogens with zero attached hydrogens (tertiary/aromatic N) is 4. The Labute approximate surface area is 153 Å². The van der Waals surface area contributed by atoms with E-state index in [9.17, 15) is 4.79 Å². The molecule has 136 valence electrons. The summed E-state index contributed by atoms with van der Waals surface area (Å²) in [6, 6.07) is 1.11. The van der Waals surface area contributed by atoms with Crippen LogP contribution in [-0.2, 0) is 4.79 Å². The summed E-state index contributed by atoms with van der Waals surface area (Å²) in [6.07, 6.45) is 12.7. The van der Waals surface area contributed by atoms with Crippen molar-refractivity contribution in [2.45, 2.75) is 87.4 Å². The molecule has 1 amide bonds. The Bertz CT molecular complexity index is 650. The zero-order valence-corrected chi connectivity index (χ0v) is 15.7. The molecule has 25 heavy (non-hydrogen) atoms. The molecule has 6 heteroatoms. The molecule has 0 radical (unpaired) electrons. The molecule has 0 bridgehead atoms. The average Bonchev–Trinajstić information content (AvgIpc) is 3.58. The Kier molecular flexibility index (Phi) is 4.27. The third kappa shape index (κ3) is 3.22. The molecule has 2 atom stereocenters. The maximum absolute atomic E-state index is 12.9. The summed E-state index contributed by atoms with van der Waals surface area (Å²) in [7, 11) is 0. The molecule has 1 aliphatic heterocycles. The van der Waals surface area contributed by atoms with Crippen molar-refractivity contribution in [3.63, 3.8) is 0 Å². The Morgan fingerprint density at radius 1 is 1.00 bits per heavy atom. The molecule has 2 heterocycles. The van der Waals surface area contributed by atoms with Crippen LogP contribution in [0.25, 0.3) is 0 Å². The molecule has 0 unspecified atom stereocenters. The molecular formula is C19H28N4OS. The first kappa shape index (κ1) is 16.2. The van der Waals surface area contributed by atoms with E-state index in [0.717, 1.165) is 17.6 Å². The van der Waals surface area contributed by atoms with E-state index in [-0.39, 0.29) is 0 Å². The van der Waals surface area contributed by atoms with Gasteiger partial charge in [-0.3, -0.25) is 4.79 Å². The van der Waals surface area contributed by atoms with Gasteiger partial charge in [-0.1, -0.05) is 24.6 Å². The van der Waals surface area contributed by atoms with E-state index in [2.05, 4.69) is 19.7 Å². The van der Waals surface area contributed by atoms with Crippen molar-refractivity contribution in [1.29, 1.82) is 0 Å². The summed E-state index contributed by atoms with van der Waals surface area (Å²) in [4.78, 5) is 15.1. The fourth-order valence-corrected chi connectivity index (χ4v) is 5.72. The largest absolute Gasteiger partial charge is 0.339 e. The van der Waals surface area contributed by atoms with Gasteiger partial charge in [-0.15, -0.1) is 10.2 Å². The number of amides is 1. The predicted octanol–water partition coefficient (Wildman–Crippen LogP) is 3.76. The van der Waals surface area contributed by atoms with Crippen LogP contribution in [0.5, 0.6) is 0 Å². The Balaban J connectivity index is 1.26. The summed E-state index contributed by atoms with van der Waals surface area (Å²) >= 11 is 1.62. The van der Waals surface area contributed by atoms with Gasteiger partial charge in [0.25, 0.3) is 0 Å². The number of piperidine rings is 1. The van der Waals surface area contributed by atoms with E-state index in [0.29, 0.717) is 29.7 Å². The first-order chi connectivity index (χ1) is 12.3. The standard InChI is InChI=1S/C19H28N4OS/c24-17(22-11-3-5-13-4-1-2-6-16(13)22)12-25-19-21-20-18(14-7-8-14)23(19)15-9-10-15/h13-16H,1-12H2/t13-,16+/m0/s1. The van der Waals surface area contributed by atoms with Gasteiger partial charge in [-0.05, 0) is 57.3 Å². The Morgan fingerprint density at radius 3 is 2.60 bits per heavy atom. The van der Waals surface area contributed by atoms with E-state index in [1.807, 2.05) is 0 Å². The lowest BCUT2D eigenvalue weighted by Crippen LogP contribution is -2.50. The lowest BCUT2D eigenvalue weighted by atomic mass is 9.78. The molecule has 3 aliphatic carbocycles. The summed E-state index contributed by atoms with van der Waals surface area (Å²) in [5, 5.41) is 9.89. The third-order valence-corrected chi connectivity index (χ3v) is 7.36. The second kappa shape index (κ2) is 6.60. The van der Waals surface area contributed by atoms with E-state index < -0.39 is 0 Å². The van der Waals surface area contributed by atoms with Crippen molar-refractivity contribution < 1.29 is 4.79 Å². The van der Waals surface area contributed by atoms with Gasteiger partial charge in [-0.25, -0.2) is 0 Å². The van der Waals surface area contributed by atoms with Crippen molar-refractivity contribution in [3.05, 3.63) is 5.82 Å². The minimum atomic E-state index is 0.319. The Morgan fingerprint density at radius 2 is 1.80 bits per heavy atom. The van der Waals surface area contributed by atoms with Gasteiger partial charge in [0.05, 0.1) is 5.75 Å². The molecule has 1 aromatic heterocycles. The van der Waals surface area contributed by atoms with Crippen LogP contribution in [0.4, 0.5) is 0 Å². The van der Waals surface area contributed by atoms with Crippen molar-refractivity contribution >= 4 is 17.7 Å². The molecular weight excluding hydrogens is 332 g/mol. The zero-order chi connectivity index (χ0) is 16.8. The van der Waals surface area contributed by atoms with Crippen LogP contribution < -0.4 is 0 Å². The van der Waals surface area contributed by atoms with Crippen LogP contribution in [0.3, 0.4) is 0 Å². The van der Waals surface area contributed by atoms with Crippen molar-refractivity contribution in [2.24, 2.45) is 5.92 Å². The number of carbonyl (C=O) groups is 1. The van der Waals surface area contributed by atoms with Gasteiger partial charge >= 0.3 is 0 Å². The second-order valence-corrected chi connectivity index (χ2v) is 9.29. The fourth-order valence-electron chi connectivity index (χ4n) is 4.83. The molecule has 1 aromatic rings. The molecule has 0 aromatic carbocycles. The molecule has 4 fully saturated rings. The number of likely N-dealkylation sites (tertiary alicyclic amines) is 1. The predicted molar refractivity (Wildman–Crippen MR) is 97.7 cm³/mol. The highest BCUT2D eigenvalue weighted by Gasteiger charge is 2.38. The summed E-state index contributed by atoms with van der Waals surface area (Å²) < 4.78 is 2.36. The van der Waals surface area contributed by atoms with Crippen molar-refractivity contribution in [2.75, 3.05) is 12.3 Å². The fraction of sp³-hybridized carbons (Fsp3) is 0.842. The minimum Gasteiger partial charge on any atom is -0.339 e. The average molecular weight is 361 g/mol. The maximum Gasteiger partial charge on any atom is 0.233 e. The first-order valence-electron chi connectivity index (χ1n) is 10.2. The van der Waals surface area contributed by atoms with E-state index in [1.165, 1.54) is 70.0 Å². The minimum absolute atomic E-state index is 0.319. The van der Waals surface area contributed by atoms with Crippen molar-refractivity contribution in [3.8, 4) is 0 Å². The highest BCUT2D eigenvalue weighted by molar-refractivity contribution is 7.99. The molecule has 0 spiro atoms. The van der Waals surface area contributed by atoms with E-state index in [1.54, 1.807) is 11.8 Å². The number of hydrogen-bond acceptors (Lipinski definition) is 4. The number of carbonyl (C=O) groups excluding carboxylic acids is 1. The third-order valence-electron chi connectivity index (χ3n) is 6.43. The van der Waals surface area contributed by atoms with E-state index >= 15 is 0 Å². The number of aromatic nitrogens is 3. The topological polar surface area (TPSA) is 51.0 Å². The van der Waals surface area contributed by atoms with Crippen LogP contribution in [-0.4, -0.2) is 43.9 Å². The lowest BCUT2D eigenvalue weighted by Gasteiger charge is -2.44. The Hall–Kier alpha value is -1.04. The summed E-state index contributed by atoms with van der Waals surface area (Å²) in [5.41, 5.74) is 0. The van der Waals surface area contributed by atoms with Crippen LogP contribution >= 0.6 is 11.8 Å². The molecule has 3 saturated carbocycles. The first-order valence-corrected chi connectivity index (χ1v) is 11.2. The maximum atomic E-state index is 12.9.